The Bertz CT molecular complexity index is 1050. The number of amides is 2. The van der Waals surface area contributed by atoms with Crippen LogP contribution in [0.4, 0.5) is 5.69 Å². The standard InChI is InChI=1S/C22H25N5O4S/c1-27-19(12-20(28)24-16-6-10-18(31-3)11-7-16)25-26-22(27)32-14-21(29)23-13-15-4-8-17(30-2)9-5-15/h4-11H,12-14H2,1-3H3,(H,23,29)(H,24,28). The van der Waals surface area contributed by atoms with Gasteiger partial charge in [0.2, 0.25) is 11.8 Å². The van der Waals surface area contributed by atoms with Crippen LogP contribution in [0.2, 0.25) is 0 Å². The van der Waals surface area contributed by atoms with Crippen molar-refractivity contribution in [3.8, 4) is 11.5 Å². The first-order valence-electron chi connectivity index (χ1n) is 9.83. The highest BCUT2D eigenvalue weighted by Crippen LogP contribution is 2.18. The van der Waals surface area contributed by atoms with Crippen LogP contribution in [0.1, 0.15) is 11.4 Å². The molecule has 0 aliphatic carbocycles. The Hall–Kier alpha value is -3.53. The van der Waals surface area contributed by atoms with Gasteiger partial charge in [0.05, 0.1) is 26.4 Å². The van der Waals surface area contributed by atoms with E-state index in [1.165, 1.54) is 11.8 Å². The molecule has 0 unspecified atom stereocenters. The lowest BCUT2D eigenvalue weighted by Gasteiger charge is -2.07. The first-order valence-corrected chi connectivity index (χ1v) is 10.8. The van der Waals surface area contributed by atoms with Gasteiger partial charge in [-0.2, -0.15) is 0 Å². The molecule has 2 N–H and O–H groups in total. The first kappa shape index (κ1) is 23.1. The minimum absolute atomic E-state index is 0.0692. The van der Waals surface area contributed by atoms with Crippen molar-refractivity contribution in [3.63, 3.8) is 0 Å². The zero-order valence-electron chi connectivity index (χ0n) is 18.1. The van der Waals surface area contributed by atoms with Crippen molar-refractivity contribution < 1.29 is 19.1 Å². The number of hydrogen-bond acceptors (Lipinski definition) is 7. The third-order valence-electron chi connectivity index (χ3n) is 4.60. The average Bonchev–Trinajstić information content (AvgIpc) is 3.16. The third-order valence-corrected chi connectivity index (χ3v) is 5.62. The monoisotopic (exact) mass is 455 g/mol. The molecular weight excluding hydrogens is 430 g/mol. The van der Waals surface area contributed by atoms with Crippen molar-refractivity contribution in [1.82, 2.24) is 20.1 Å². The summed E-state index contributed by atoms with van der Waals surface area (Å²) >= 11 is 1.26. The van der Waals surface area contributed by atoms with Crippen molar-refractivity contribution in [3.05, 3.63) is 59.9 Å². The molecule has 1 heterocycles. The van der Waals surface area contributed by atoms with Gasteiger partial charge in [0.25, 0.3) is 0 Å². The van der Waals surface area contributed by atoms with Gasteiger partial charge in [-0.15, -0.1) is 10.2 Å². The minimum Gasteiger partial charge on any atom is -0.497 e. The van der Waals surface area contributed by atoms with Gasteiger partial charge in [-0.1, -0.05) is 23.9 Å². The van der Waals surface area contributed by atoms with Gasteiger partial charge < -0.3 is 24.7 Å². The number of hydrogen-bond donors (Lipinski definition) is 2. The summed E-state index contributed by atoms with van der Waals surface area (Å²) in [6, 6.07) is 14.6. The Balaban J connectivity index is 1.46. The predicted octanol–water partition coefficient (Wildman–Crippen LogP) is 2.42. The molecule has 2 amide bonds. The van der Waals surface area contributed by atoms with E-state index in [-0.39, 0.29) is 24.0 Å². The highest BCUT2D eigenvalue weighted by atomic mass is 32.2. The fraction of sp³-hybridized carbons (Fsp3) is 0.273. The fourth-order valence-corrected chi connectivity index (χ4v) is 3.53. The van der Waals surface area contributed by atoms with Crippen molar-refractivity contribution in [2.75, 3.05) is 25.3 Å². The molecule has 0 saturated carbocycles. The van der Waals surface area contributed by atoms with E-state index in [1.54, 1.807) is 50.1 Å². The number of ether oxygens (including phenoxy) is 2. The number of thioether (sulfide) groups is 1. The van der Waals surface area contributed by atoms with E-state index in [0.717, 1.165) is 11.3 Å². The number of carbonyl (C=O) groups excluding carboxylic acids is 2. The summed E-state index contributed by atoms with van der Waals surface area (Å²) in [6.07, 6.45) is 0.0692. The number of nitrogens with zero attached hydrogens (tertiary/aromatic N) is 3. The summed E-state index contributed by atoms with van der Waals surface area (Å²) in [7, 11) is 4.97. The van der Waals surface area contributed by atoms with E-state index in [9.17, 15) is 9.59 Å². The van der Waals surface area contributed by atoms with Crippen LogP contribution in [-0.2, 0) is 29.6 Å². The maximum absolute atomic E-state index is 12.3. The van der Waals surface area contributed by atoms with Gasteiger partial charge in [0.15, 0.2) is 5.16 Å². The lowest BCUT2D eigenvalue weighted by atomic mass is 10.2. The first-order chi connectivity index (χ1) is 15.5. The summed E-state index contributed by atoms with van der Waals surface area (Å²) in [4.78, 5) is 24.5. The second-order valence-corrected chi connectivity index (χ2v) is 7.77. The molecule has 0 aliphatic heterocycles. The highest BCUT2D eigenvalue weighted by molar-refractivity contribution is 7.99. The molecule has 0 bridgehead atoms. The number of anilines is 1. The Morgan fingerprint density at radius 1 is 0.938 bits per heavy atom. The Kier molecular flexibility index (Phi) is 8.09. The molecular formula is C22H25N5O4S. The molecule has 1 aromatic heterocycles. The zero-order valence-corrected chi connectivity index (χ0v) is 18.9. The predicted molar refractivity (Wildman–Crippen MR) is 122 cm³/mol. The molecule has 10 heteroatoms. The smallest absolute Gasteiger partial charge is 0.232 e. The van der Waals surface area contributed by atoms with Crippen LogP contribution < -0.4 is 20.1 Å². The number of nitrogens with one attached hydrogen (secondary N) is 2. The molecule has 0 aliphatic rings. The number of rotatable bonds is 10. The zero-order chi connectivity index (χ0) is 22.9. The van der Waals surface area contributed by atoms with Crippen LogP contribution in [0.3, 0.4) is 0 Å². The van der Waals surface area contributed by atoms with Gasteiger partial charge in [0, 0.05) is 19.3 Å². The lowest BCUT2D eigenvalue weighted by molar-refractivity contribution is -0.118. The summed E-state index contributed by atoms with van der Waals surface area (Å²) in [6.45, 7) is 0.430. The van der Waals surface area contributed by atoms with E-state index in [0.29, 0.717) is 29.0 Å². The molecule has 0 fully saturated rings. The van der Waals surface area contributed by atoms with Crippen LogP contribution in [-0.4, -0.2) is 46.6 Å². The van der Waals surface area contributed by atoms with E-state index in [2.05, 4.69) is 20.8 Å². The summed E-state index contributed by atoms with van der Waals surface area (Å²) in [5, 5.41) is 14.4. The van der Waals surface area contributed by atoms with E-state index in [1.807, 2.05) is 24.3 Å². The highest BCUT2D eigenvalue weighted by Gasteiger charge is 2.14. The van der Waals surface area contributed by atoms with Gasteiger partial charge in [-0.25, -0.2) is 0 Å². The normalized spacial score (nSPS) is 10.5. The van der Waals surface area contributed by atoms with Crippen molar-refractivity contribution >= 4 is 29.3 Å². The summed E-state index contributed by atoms with van der Waals surface area (Å²) in [5.41, 5.74) is 1.65. The Morgan fingerprint density at radius 2 is 1.56 bits per heavy atom. The second-order valence-electron chi connectivity index (χ2n) is 6.82. The minimum atomic E-state index is -0.209. The van der Waals surface area contributed by atoms with Crippen molar-refractivity contribution in [2.24, 2.45) is 7.05 Å². The summed E-state index contributed by atoms with van der Waals surface area (Å²) in [5.74, 6) is 1.86. The SMILES string of the molecule is COc1ccc(CNC(=O)CSc2nnc(CC(=O)Nc3ccc(OC)cc3)n2C)cc1. The van der Waals surface area contributed by atoms with Crippen molar-refractivity contribution in [1.29, 1.82) is 0 Å². The third kappa shape index (κ3) is 6.48. The molecule has 0 atom stereocenters. The lowest BCUT2D eigenvalue weighted by Crippen LogP contribution is -2.24. The van der Waals surface area contributed by atoms with Gasteiger partial charge in [0.1, 0.15) is 17.3 Å². The van der Waals surface area contributed by atoms with Crippen molar-refractivity contribution in [2.45, 2.75) is 18.1 Å². The topological polar surface area (TPSA) is 107 Å². The van der Waals surface area contributed by atoms with Crippen LogP contribution >= 0.6 is 11.8 Å². The number of benzene rings is 2. The van der Waals surface area contributed by atoms with Crippen LogP contribution in [0.25, 0.3) is 0 Å². The molecule has 9 nitrogen and oxygen atoms in total. The maximum Gasteiger partial charge on any atom is 0.232 e. The quantitative estimate of drug-likeness (QED) is 0.452. The Labute approximate surface area is 190 Å². The van der Waals surface area contributed by atoms with Gasteiger partial charge >= 0.3 is 0 Å². The van der Waals surface area contributed by atoms with E-state index in [4.69, 9.17) is 9.47 Å². The molecule has 168 valence electrons. The largest absolute Gasteiger partial charge is 0.497 e. The van der Waals surface area contributed by atoms with Crippen LogP contribution in [0.15, 0.2) is 53.7 Å². The molecule has 0 saturated heterocycles. The van der Waals surface area contributed by atoms with Crippen LogP contribution in [0.5, 0.6) is 11.5 Å². The fourth-order valence-electron chi connectivity index (χ4n) is 2.77. The van der Waals surface area contributed by atoms with E-state index >= 15 is 0 Å². The van der Waals surface area contributed by atoms with Crippen LogP contribution in [0, 0.1) is 0 Å². The second kappa shape index (κ2) is 11.2. The molecule has 0 spiro atoms. The maximum atomic E-state index is 12.3. The number of carbonyl (C=O) groups is 2. The molecule has 3 rings (SSSR count). The number of aromatic nitrogens is 3. The molecule has 3 aromatic rings. The van der Waals surface area contributed by atoms with Gasteiger partial charge in [-0.3, -0.25) is 9.59 Å². The Morgan fingerprint density at radius 3 is 2.19 bits per heavy atom. The van der Waals surface area contributed by atoms with Gasteiger partial charge in [-0.05, 0) is 42.0 Å². The summed E-state index contributed by atoms with van der Waals surface area (Å²) < 4.78 is 11.9. The molecule has 2 aromatic carbocycles. The van der Waals surface area contributed by atoms with E-state index < -0.39 is 0 Å². The number of methoxy groups -OCH3 is 2. The average molecular weight is 456 g/mol. The molecule has 0 radical (unpaired) electrons. The molecule has 32 heavy (non-hydrogen) atoms.